The molecule has 0 saturated heterocycles. The first-order valence-corrected chi connectivity index (χ1v) is 11.9. The second-order valence-corrected chi connectivity index (χ2v) is 9.51. The first kappa shape index (κ1) is 27.3. The Bertz CT molecular complexity index is 464. The van der Waals surface area contributed by atoms with Crippen LogP contribution in [0.25, 0.3) is 0 Å². The largest absolute Gasteiger partial charge is 0.472 e. The normalized spacial score (nSPS) is 13.9. The Morgan fingerprint density at radius 1 is 0.857 bits per heavy atom. The summed E-state index contributed by atoms with van der Waals surface area (Å²) in [6.07, 6.45) is 12.0. The van der Waals surface area contributed by atoms with Crippen LogP contribution < -0.4 is 0 Å². The number of ether oxygens (including phenoxy) is 1. The van der Waals surface area contributed by atoms with Crippen LogP contribution in [0.3, 0.4) is 0 Å². The van der Waals surface area contributed by atoms with E-state index >= 15 is 0 Å². The highest BCUT2D eigenvalue weighted by molar-refractivity contribution is 7.47. The first-order chi connectivity index (χ1) is 13.2. The minimum Gasteiger partial charge on any atom is -0.463 e. The molecule has 0 amide bonds. The average molecular weight is 423 g/mol. The summed E-state index contributed by atoms with van der Waals surface area (Å²) in [7, 11) is 2.08. The van der Waals surface area contributed by atoms with Crippen molar-refractivity contribution in [3.63, 3.8) is 0 Å². The van der Waals surface area contributed by atoms with E-state index in [1.54, 1.807) is 0 Å². The van der Waals surface area contributed by atoms with Crippen LogP contribution in [0.1, 0.15) is 64.2 Å². The van der Waals surface area contributed by atoms with E-state index in [0.717, 1.165) is 32.1 Å². The number of carbonyl (C=O) groups is 1. The number of quaternary nitrogens is 1. The van der Waals surface area contributed by atoms with Crippen molar-refractivity contribution in [2.45, 2.75) is 64.2 Å². The van der Waals surface area contributed by atoms with Gasteiger partial charge >= 0.3 is 13.8 Å². The van der Waals surface area contributed by atoms with Crippen molar-refractivity contribution in [2.24, 2.45) is 0 Å². The molecule has 0 aliphatic heterocycles. The number of phosphoric acid groups is 1. The molecular formula is C20H41NO6P+. The molecule has 0 bridgehead atoms. The molecule has 1 atom stereocenters. The molecule has 0 spiro atoms. The number of hydrogen-bond acceptors (Lipinski definition) is 5. The Balaban J connectivity index is 3.36. The second kappa shape index (κ2) is 16.1. The van der Waals surface area contributed by atoms with Gasteiger partial charge in [-0.25, -0.2) is 9.36 Å². The van der Waals surface area contributed by atoms with Gasteiger partial charge < -0.3 is 14.1 Å². The topological polar surface area (TPSA) is 82.1 Å². The van der Waals surface area contributed by atoms with Gasteiger partial charge in [-0.1, -0.05) is 57.9 Å². The van der Waals surface area contributed by atoms with Gasteiger partial charge in [-0.05, 0) is 12.8 Å². The number of unbranched alkanes of at least 4 members (excludes halogenated alkanes) is 9. The molecule has 8 heteroatoms. The molecule has 0 saturated carbocycles. The quantitative estimate of drug-likeness (QED) is 0.109. The van der Waals surface area contributed by atoms with Gasteiger partial charge in [0.25, 0.3) is 0 Å². The van der Waals surface area contributed by atoms with Gasteiger partial charge in [-0.3, -0.25) is 9.05 Å². The number of hydrogen-bond donors (Lipinski definition) is 1. The number of carbonyl (C=O) groups excluding carboxylic acids is 1. The molecule has 0 rings (SSSR count). The number of likely N-dealkylation sites (N-methyl/N-ethyl adjacent to an activating group) is 1. The summed E-state index contributed by atoms with van der Waals surface area (Å²) in [4.78, 5) is 20.5. The molecule has 0 aromatic carbocycles. The summed E-state index contributed by atoms with van der Waals surface area (Å²) in [6.45, 7) is 4.95. The van der Waals surface area contributed by atoms with Gasteiger partial charge in [0.05, 0.1) is 34.4 Å². The average Bonchev–Trinajstić information content (AvgIpc) is 2.60. The van der Waals surface area contributed by atoms with E-state index < -0.39 is 7.82 Å². The zero-order valence-corrected chi connectivity index (χ0v) is 19.0. The highest BCUT2D eigenvalue weighted by Crippen LogP contribution is 2.43. The molecule has 0 fully saturated rings. The van der Waals surface area contributed by atoms with E-state index in [-0.39, 0.29) is 19.2 Å². The molecule has 28 heavy (non-hydrogen) atoms. The smallest absolute Gasteiger partial charge is 0.463 e. The Hall–Kier alpha value is -0.720. The zero-order chi connectivity index (χ0) is 21.3. The van der Waals surface area contributed by atoms with E-state index in [9.17, 15) is 14.3 Å². The summed E-state index contributed by atoms with van der Waals surface area (Å²) in [5.41, 5.74) is 0. The Labute approximate surface area is 171 Å². The van der Waals surface area contributed by atoms with Crippen LogP contribution in [0.5, 0.6) is 0 Å². The minimum absolute atomic E-state index is 0.206. The van der Waals surface area contributed by atoms with Gasteiger partial charge in [0.2, 0.25) is 0 Å². The summed E-state index contributed by atoms with van der Waals surface area (Å²) in [6, 6.07) is 0. The van der Waals surface area contributed by atoms with Crippen molar-refractivity contribution in [3.8, 4) is 0 Å². The van der Waals surface area contributed by atoms with E-state index in [4.69, 9.17) is 13.8 Å². The van der Waals surface area contributed by atoms with Gasteiger partial charge in [0.15, 0.2) is 0 Å². The number of nitrogens with zero attached hydrogens (tertiary/aromatic N) is 1. The van der Waals surface area contributed by atoms with Gasteiger partial charge in [-0.2, -0.15) is 0 Å². The standard InChI is InChI=1S/C20H40NO6P/c1-5-20(22)25-17-14-12-10-8-6-7-9-11-13-15-18-26-28(23,24)27-19-16-21(2,3)4/h5H,1,6-19H2,2-4H3/p+1. The third kappa shape index (κ3) is 20.0. The van der Waals surface area contributed by atoms with Crippen molar-refractivity contribution < 1.29 is 32.5 Å². The van der Waals surface area contributed by atoms with E-state index in [1.165, 1.54) is 38.2 Å². The van der Waals surface area contributed by atoms with Crippen LogP contribution in [0.4, 0.5) is 0 Å². The summed E-state index contributed by atoms with van der Waals surface area (Å²) in [5, 5.41) is 0. The predicted molar refractivity (Wildman–Crippen MR) is 112 cm³/mol. The zero-order valence-electron chi connectivity index (χ0n) is 18.1. The van der Waals surface area contributed by atoms with Crippen LogP contribution in [0, 0.1) is 0 Å². The van der Waals surface area contributed by atoms with Gasteiger partial charge in [-0.15, -0.1) is 0 Å². The lowest BCUT2D eigenvalue weighted by molar-refractivity contribution is -0.870. The molecule has 0 heterocycles. The second-order valence-electron chi connectivity index (χ2n) is 8.06. The maximum absolute atomic E-state index is 11.7. The maximum Gasteiger partial charge on any atom is 0.472 e. The number of phosphoric ester groups is 1. The van der Waals surface area contributed by atoms with Crippen molar-refractivity contribution >= 4 is 13.8 Å². The molecule has 0 aromatic rings. The maximum atomic E-state index is 11.7. The monoisotopic (exact) mass is 422 g/mol. The van der Waals surface area contributed by atoms with Crippen molar-refractivity contribution in [1.82, 2.24) is 0 Å². The summed E-state index contributed by atoms with van der Waals surface area (Å²) < 4.78 is 27.3. The van der Waals surface area contributed by atoms with Gasteiger partial charge in [0, 0.05) is 6.08 Å². The molecule has 166 valence electrons. The van der Waals surface area contributed by atoms with Crippen molar-refractivity contribution in [2.75, 3.05) is 47.5 Å². The van der Waals surface area contributed by atoms with Crippen LogP contribution in [0.15, 0.2) is 12.7 Å². The fourth-order valence-corrected chi connectivity index (χ4v) is 3.24. The molecule has 1 N–H and O–H groups in total. The third-order valence-corrected chi connectivity index (χ3v) is 5.24. The molecule has 0 aliphatic rings. The molecule has 1 unspecified atom stereocenters. The lowest BCUT2D eigenvalue weighted by atomic mass is 10.1. The first-order valence-electron chi connectivity index (χ1n) is 10.4. The fourth-order valence-electron chi connectivity index (χ4n) is 2.50. The van der Waals surface area contributed by atoms with Crippen LogP contribution in [-0.4, -0.2) is 62.9 Å². The van der Waals surface area contributed by atoms with Crippen LogP contribution >= 0.6 is 7.82 Å². The Morgan fingerprint density at radius 3 is 1.75 bits per heavy atom. The summed E-state index contributed by atoms with van der Waals surface area (Å²) >= 11 is 0. The molecule has 0 aliphatic carbocycles. The Morgan fingerprint density at radius 2 is 1.29 bits per heavy atom. The van der Waals surface area contributed by atoms with Gasteiger partial charge in [0.1, 0.15) is 13.2 Å². The minimum atomic E-state index is -3.91. The molecule has 7 nitrogen and oxygen atoms in total. The predicted octanol–water partition coefficient (Wildman–Crippen LogP) is 4.46. The molecular weight excluding hydrogens is 381 g/mol. The number of rotatable bonds is 19. The third-order valence-electron chi connectivity index (χ3n) is 4.22. The van der Waals surface area contributed by atoms with E-state index in [2.05, 4.69) is 6.58 Å². The van der Waals surface area contributed by atoms with Crippen molar-refractivity contribution in [1.29, 1.82) is 0 Å². The lowest BCUT2D eigenvalue weighted by Gasteiger charge is -2.24. The molecule has 0 aromatic heterocycles. The summed E-state index contributed by atoms with van der Waals surface area (Å²) in [5.74, 6) is -0.348. The highest BCUT2D eigenvalue weighted by atomic mass is 31.2. The van der Waals surface area contributed by atoms with Crippen LogP contribution in [0.2, 0.25) is 0 Å². The highest BCUT2D eigenvalue weighted by Gasteiger charge is 2.21. The van der Waals surface area contributed by atoms with E-state index in [1.807, 2.05) is 21.1 Å². The van der Waals surface area contributed by atoms with Crippen molar-refractivity contribution in [3.05, 3.63) is 12.7 Å². The van der Waals surface area contributed by atoms with E-state index in [0.29, 0.717) is 17.6 Å². The SMILES string of the molecule is C=CC(=O)OCCCCCCCCCCCCOP(=O)(O)OCC[N+](C)(C)C. The van der Waals surface area contributed by atoms with Crippen LogP contribution in [-0.2, 0) is 23.1 Å². The lowest BCUT2D eigenvalue weighted by Crippen LogP contribution is -2.37. The number of esters is 1. The fraction of sp³-hybridized carbons (Fsp3) is 0.850. The molecule has 0 radical (unpaired) electrons. The Kier molecular flexibility index (Phi) is 15.7.